The van der Waals surface area contributed by atoms with Crippen LogP contribution in [0.3, 0.4) is 0 Å². The molecule has 93 valence electrons. The second-order valence-corrected chi connectivity index (χ2v) is 3.52. The van der Waals surface area contributed by atoms with Gasteiger partial charge in [0.1, 0.15) is 5.69 Å². The van der Waals surface area contributed by atoms with Crippen molar-refractivity contribution in [2.75, 3.05) is 5.32 Å². The minimum absolute atomic E-state index is 0.812. The number of hydrogen-bond acceptors (Lipinski definition) is 4. The lowest BCUT2D eigenvalue weighted by Gasteiger charge is -2.16. The first-order valence-electron chi connectivity index (χ1n) is 4.26. The minimum Gasteiger partial charge on any atom is -0.313 e. The van der Waals surface area contributed by atoms with Gasteiger partial charge in [0.25, 0.3) is 0 Å². The number of nitro benzene ring substituents is 1. The van der Waals surface area contributed by atoms with E-state index in [0.717, 1.165) is 0 Å². The number of benzene rings is 1. The van der Waals surface area contributed by atoms with Gasteiger partial charge in [0.2, 0.25) is 0 Å². The number of carbonyl (C=O) groups is 2. The fraction of sp³-hybridized carbons (Fsp3) is 0. The molecule has 1 heterocycles. The summed E-state index contributed by atoms with van der Waals surface area (Å²) in [6, 6.07) is 0. The summed E-state index contributed by atoms with van der Waals surface area (Å²) in [5, 5.41) is 14.3. The SMILES string of the molecule is O=C1[N]c2c(c(F)c(F)c(Cl)c2[N+](=O)[O-])NC1=O. The average Bonchev–Trinajstić information content (AvgIpc) is 2.29. The highest BCUT2D eigenvalue weighted by Gasteiger charge is 2.38. The van der Waals surface area contributed by atoms with Gasteiger partial charge in [-0.25, -0.2) is 8.78 Å². The molecule has 0 aliphatic carbocycles. The zero-order valence-corrected chi connectivity index (χ0v) is 8.92. The molecule has 0 bridgehead atoms. The minimum atomic E-state index is -1.70. The van der Waals surface area contributed by atoms with E-state index < -0.39 is 50.5 Å². The molecule has 1 aliphatic heterocycles. The van der Waals surface area contributed by atoms with E-state index >= 15 is 0 Å². The Bertz CT molecular complexity index is 619. The summed E-state index contributed by atoms with van der Waals surface area (Å²) >= 11 is 5.27. The van der Waals surface area contributed by atoms with Gasteiger partial charge in [-0.05, 0) is 0 Å². The number of amides is 2. The van der Waals surface area contributed by atoms with Gasteiger partial charge < -0.3 is 5.32 Å². The number of rotatable bonds is 1. The Labute approximate surface area is 102 Å². The second-order valence-electron chi connectivity index (χ2n) is 3.14. The van der Waals surface area contributed by atoms with Gasteiger partial charge in [0, 0.05) is 0 Å². The molecule has 1 aromatic carbocycles. The van der Waals surface area contributed by atoms with E-state index in [1.807, 2.05) is 0 Å². The molecule has 0 saturated carbocycles. The molecule has 0 unspecified atom stereocenters. The summed E-state index contributed by atoms with van der Waals surface area (Å²) in [5.74, 6) is -6.01. The van der Waals surface area contributed by atoms with Crippen molar-refractivity contribution < 1.29 is 23.3 Å². The van der Waals surface area contributed by atoms with Crippen LogP contribution in [0.4, 0.5) is 25.8 Å². The quantitative estimate of drug-likeness (QED) is 0.361. The molecule has 1 N–H and O–H groups in total. The first kappa shape index (κ1) is 12.2. The summed E-state index contributed by atoms with van der Waals surface area (Å²) in [4.78, 5) is 31.5. The van der Waals surface area contributed by atoms with Gasteiger partial charge in [0.05, 0.1) is 4.92 Å². The monoisotopic (exact) mass is 276 g/mol. The Morgan fingerprint density at radius 3 is 2.44 bits per heavy atom. The number of nitrogens with one attached hydrogen (secondary N) is 1. The van der Waals surface area contributed by atoms with Crippen molar-refractivity contribution in [1.82, 2.24) is 5.32 Å². The third-order valence-corrected chi connectivity index (χ3v) is 2.45. The van der Waals surface area contributed by atoms with Gasteiger partial charge in [0.15, 0.2) is 22.3 Å². The molecule has 0 fully saturated rings. The van der Waals surface area contributed by atoms with E-state index in [1.165, 1.54) is 0 Å². The third-order valence-electron chi connectivity index (χ3n) is 2.10. The zero-order chi connectivity index (χ0) is 13.6. The summed E-state index contributed by atoms with van der Waals surface area (Å²) in [6.45, 7) is 0. The van der Waals surface area contributed by atoms with Crippen molar-refractivity contribution in [3.63, 3.8) is 0 Å². The van der Waals surface area contributed by atoms with Crippen LogP contribution in [0.5, 0.6) is 0 Å². The molecular weight excluding hydrogens is 276 g/mol. The van der Waals surface area contributed by atoms with Crippen LogP contribution in [-0.4, -0.2) is 16.7 Å². The molecule has 2 rings (SSSR count). The predicted octanol–water partition coefficient (Wildman–Crippen LogP) is 1.24. The summed E-state index contributed by atoms with van der Waals surface area (Å²) in [7, 11) is 0. The van der Waals surface area contributed by atoms with Crippen LogP contribution in [0, 0.1) is 21.7 Å². The number of hydrogen-bond donors (Lipinski definition) is 1. The van der Waals surface area contributed by atoms with Crippen LogP contribution >= 0.6 is 11.6 Å². The van der Waals surface area contributed by atoms with Crippen LogP contribution in [0.1, 0.15) is 0 Å². The molecule has 0 saturated heterocycles. The molecule has 0 atom stereocenters. The number of anilines is 1. The molecular formula is C8HClF2N3O4. The Hall–Kier alpha value is -2.29. The number of nitrogens with zero attached hydrogens (tertiary/aromatic N) is 2. The standard InChI is InChI=1S/C8HClF2N3O4/c9-1-2(10)3(11)4-5(6(1)14(17)18)13-8(16)7(15)12-4/h(H,12,15). The van der Waals surface area contributed by atoms with Crippen LogP contribution in [-0.2, 0) is 9.59 Å². The molecule has 1 radical (unpaired) electrons. The Kier molecular flexibility index (Phi) is 2.62. The lowest BCUT2D eigenvalue weighted by molar-refractivity contribution is -0.384. The maximum Gasteiger partial charge on any atom is 0.336 e. The molecule has 18 heavy (non-hydrogen) atoms. The van der Waals surface area contributed by atoms with Crippen molar-refractivity contribution in [1.29, 1.82) is 0 Å². The first-order chi connectivity index (χ1) is 8.34. The van der Waals surface area contributed by atoms with Crippen LogP contribution < -0.4 is 10.6 Å². The highest BCUT2D eigenvalue weighted by atomic mass is 35.5. The van der Waals surface area contributed by atoms with Crippen LogP contribution in [0.15, 0.2) is 0 Å². The zero-order valence-electron chi connectivity index (χ0n) is 8.16. The number of fused-ring (bicyclic) bond motifs is 1. The van der Waals surface area contributed by atoms with E-state index in [9.17, 15) is 28.5 Å². The van der Waals surface area contributed by atoms with Crippen molar-refractivity contribution in [3.05, 3.63) is 26.8 Å². The Morgan fingerprint density at radius 1 is 1.28 bits per heavy atom. The number of carbonyl (C=O) groups excluding carboxylic acids is 2. The first-order valence-corrected chi connectivity index (χ1v) is 4.64. The highest BCUT2D eigenvalue weighted by molar-refractivity contribution is 6.43. The average molecular weight is 277 g/mol. The van der Waals surface area contributed by atoms with E-state index in [-0.39, 0.29) is 0 Å². The normalized spacial score (nSPS) is 13.7. The largest absolute Gasteiger partial charge is 0.336 e. The molecule has 1 aliphatic rings. The maximum atomic E-state index is 13.4. The Balaban J connectivity index is 2.82. The topological polar surface area (TPSA) is 103 Å². The molecule has 0 aromatic heterocycles. The van der Waals surface area contributed by atoms with E-state index in [1.54, 1.807) is 5.32 Å². The smallest absolute Gasteiger partial charge is 0.313 e. The Morgan fingerprint density at radius 2 is 1.89 bits per heavy atom. The van der Waals surface area contributed by atoms with Gasteiger partial charge >= 0.3 is 17.5 Å². The molecule has 2 amide bonds. The van der Waals surface area contributed by atoms with Crippen molar-refractivity contribution in [3.8, 4) is 0 Å². The second kappa shape index (κ2) is 3.88. The fourth-order valence-corrected chi connectivity index (χ4v) is 1.59. The summed E-state index contributed by atoms with van der Waals surface area (Å²) in [6.07, 6.45) is 0. The van der Waals surface area contributed by atoms with Crippen LogP contribution in [0.25, 0.3) is 0 Å². The summed E-state index contributed by atoms with van der Waals surface area (Å²) in [5.41, 5.74) is -2.78. The molecule has 7 nitrogen and oxygen atoms in total. The number of nitro groups is 1. The van der Waals surface area contributed by atoms with Gasteiger partial charge in [-0.1, -0.05) is 11.6 Å². The fourth-order valence-electron chi connectivity index (χ4n) is 1.35. The summed E-state index contributed by atoms with van der Waals surface area (Å²) < 4.78 is 26.7. The van der Waals surface area contributed by atoms with Crippen molar-refractivity contribution in [2.45, 2.75) is 0 Å². The van der Waals surface area contributed by atoms with Crippen molar-refractivity contribution >= 4 is 40.5 Å². The van der Waals surface area contributed by atoms with Gasteiger partial charge in [-0.2, -0.15) is 5.32 Å². The van der Waals surface area contributed by atoms with Gasteiger partial charge in [-0.15, -0.1) is 0 Å². The van der Waals surface area contributed by atoms with E-state index in [0.29, 0.717) is 0 Å². The lowest BCUT2D eigenvalue weighted by atomic mass is 10.1. The maximum absolute atomic E-state index is 13.4. The van der Waals surface area contributed by atoms with Gasteiger partial charge in [-0.3, -0.25) is 19.7 Å². The predicted molar refractivity (Wildman–Crippen MR) is 53.5 cm³/mol. The number of halogens is 3. The molecule has 10 heteroatoms. The molecule has 1 aromatic rings. The van der Waals surface area contributed by atoms with Crippen LogP contribution in [0.2, 0.25) is 5.02 Å². The van der Waals surface area contributed by atoms with Crippen molar-refractivity contribution in [2.24, 2.45) is 0 Å². The molecule has 0 spiro atoms. The third kappa shape index (κ3) is 1.56. The highest BCUT2D eigenvalue weighted by Crippen LogP contribution is 2.44. The van der Waals surface area contributed by atoms with E-state index in [2.05, 4.69) is 5.32 Å². The van der Waals surface area contributed by atoms with E-state index in [4.69, 9.17) is 11.6 Å². The lowest BCUT2D eigenvalue weighted by Crippen LogP contribution is -2.34.